The van der Waals surface area contributed by atoms with E-state index in [4.69, 9.17) is 4.74 Å². The van der Waals surface area contributed by atoms with E-state index in [1.807, 2.05) is 0 Å². The summed E-state index contributed by atoms with van der Waals surface area (Å²) in [7, 11) is 0. The van der Waals surface area contributed by atoms with E-state index in [9.17, 15) is 14.4 Å². The van der Waals surface area contributed by atoms with Crippen LogP contribution in [0, 0.1) is 20.8 Å². The highest BCUT2D eigenvalue weighted by Crippen LogP contribution is 2.15. The number of rotatable bonds is 6. The topological polar surface area (TPSA) is 119 Å². The largest absolute Gasteiger partial charge is 0.466 e. The predicted molar refractivity (Wildman–Crippen MR) is 90.7 cm³/mol. The highest BCUT2D eigenvalue weighted by Gasteiger charge is 2.15. The molecule has 0 aliphatic heterocycles. The Morgan fingerprint density at radius 1 is 1.28 bits per heavy atom. The van der Waals surface area contributed by atoms with E-state index in [1.54, 1.807) is 33.8 Å². The molecule has 0 saturated carbocycles. The summed E-state index contributed by atoms with van der Waals surface area (Å²) < 4.78 is 6.14. The summed E-state index contributed by atoms with van der Waals surface area (Å²) >= 11 is 0. The summed E-state index contributed by atoms with van der Waals surface area (Å²) in [5, 5.41) is 6.92. The van der Waals surface area contributed by atoms with E-state index in [1.165, 1.54) is 4.68 Å². The number of H-pyrrole nitrogens is 1. The number of ether oxygens (including phenoxy) is 1. The first-order chi connectivity index (χ1) is 11.8. The zero-order valence-electron chi connectivity index (χ0n) is 14.7. The summed E-state index contributed by atoms with van der Waals surface area (Å²) in [5.74, 6) is -0.220. The maximum Gasteiger partial charge on any atom is 0.306 e. The average Bonchev–Trinajstić information content (AvgIpc) is 2.91. The van der Waals surface area contributed by atoms with Crippen LogP contribution in [0.5, 0.6) is 0 Å². The molecule has 2 N–H and O–H groups in total. The average molecular weight is 347 g/mol. The first-order valence-electron chi connectivity index (χ1n) is 7.91. The van der Waals surface area contributed by atoms with Crippen LogP contribution in [-0.2, 0) is 14.3 Å². The van der Waals surface area contributed by atoms with Gasteiger partial charge in [0, 0.05) is 23.7 Å². The molecular formula is C16H21N5O4. The number of hydrogen-bond donors (Lipinski definition) is 2. The van der Waals surface area contributed by atoms with Crippen LogP contribution in [-0.4, -0.2) is 38.2 Å². The van der Waals surface area contributed by atoms with Gasteiger partial charge in [0.2, 0.25) is 11.9 Å². The Labute approximate surface area is 144 Å². The highest BCUT2D eigenvalue weighted by atomic mass is 16.5. The molecule has 1 amide bonds. The number of hydrogen-bond acceptors (Lipinski definition) is 6. The lowest BCUT2D eigenvalue weighted by atomic mass is 10.3. The lowest BCUT2D eigenvalue weighted by molar-refractivity contribution is -0.144. The Morgan fingerprint density at radius 3 is 2.64 bits per heavy atom. The van der Waals surface area contributed by atoms with Gasteiger partial charge in [-0.2, -0.15) is 9.78 Å². The second-order valence-electron chi connectivity index (χ2n) is 5.54. The molecule has 2 aromatic rings. The Hall–Kier alpha value is -2.97. The molecule has 9 nitrogen and oxygen atoms in total. The number of aromatic nitrogens is 4. The Bertz CT molecular complexity index is 853. The lowest BCUT2D eigenvalue weighted by Crippen LogP contribution is -2.21. The van der Waals surface area contributed by atoms with Gasteiger partial charge in [-0.15, -0.1) is 0 Å². The van der Waals surface area contributed by atoms with Crippen LogP contribution in [0.15, 0.2) is 10.9 Å². The zero-order valence-corrected chi connectivity index (χ0v) is 14.7. The number of carbonyl (C=O) groups is 2. The van der Waals surface area contributed by atoms with Crippen molar-refractivity contribution in [3.8, 4) is 5.95 Å². The van der Waals surface area contributed by atoms with E-state index in [2.05, 4.69) is 20.4 Å². The van der Waals surface area contributed by atoms with Crippen molar-refractivity contribution in [3.05, 3.63) is 33.4 Å². The van der Waals surface area contributed by atoms with Crippen LogP contribution < -0.4 is 10.9 Å². The maximum absolute atomic E-state index is 12.0. The zero-order chi connectivity index (χ0) is 18.6. The second-order valence-corrected chi connectivity index (χ2v) is 5.54. The van der Waals surface area contributed by atoms with Crippen molar-refractivity contribution in [1.82, 2.24) is 19.7 Å². The molecule has 9 heteroatoms. The van der Waals surface area contributed by atoms with Gasteiger partial charge in [-0.05, 0) is 27.7 Å². The molecule has 0 aliphatic carbocycles. The van der Waals surface area contributed by atoms with Crippen molar-refractivity contribution in [1.29, 1.82) is 0 Å². The summed E-state index contributed by atoms with van der Waals surface area (Å²) in [6, 6.07) is 1.65. The van der Waals surface area contributed by atoms with Crippen LogP contribution in [0.25, 0.3) is 5.95 Å². The number of carbonyl (C=O) groups excluding carboxylic acids is 2. The molecule has 2 aromatic heterocycles. The van der Waals surface area contributed by atoms with Crippen LogP contribution in [0.3, 0.4) is 0 Å². The van der Waals surface area contributed by atoms with Gasteiger partial charge in [0.15, 0.2) is 0 Å². The minimum absolute atomic E-state index is 0.00842. The fraction of sp³-hybridized carbons (Fsp3) is 0.438. The molecular weight excluding hydrogens is 326 g/mol. The van der Waals surface area contributed by atoms with Gasteiger partial charge in [0.05, 0.1) is 18.7 Å². The maximum atomic E-state index is 12.0. The van der Waals surface area contributed by atoms with E-state index in [0.717, 1.165) is 0 Å². The fourth-order valence-electron chi connectivity index (χ4n) is 2.13. The first-order valence-corrected chi connectivity index (χ1v) is 7.91. The molecule has 25 heavy (non-hydrogen) atoms. The third-order valence-corrected chi connectivity index (χ3v) is 3.54. The van der Waals surface area contributed by atoms with Gasteiger partial charge < -0.3 is 10.1 Å². The standard InChI is InChI=1S/C16H21N5O4/c1-5-25-14(23)7-6-13(22)18-12-8-9(2)20-21(12)16-17-11(4)10(3)15(24)19-16/h8H,5-7H2,1-4H3,(H,18,22)(H,17,19,24). The summed E-state index contributed by atoms with van der Waals surface area (Å²) in [4.78, 5) is 42.3. The molecule has 0 radical (unpaired) electrons. The second kappa shape index (κ2) is 7.73. The van der Waals surface area contributed by atoms with Gasteiger partial charge in [-0.3, -0.25) is 19.4 Å². The summed E-state index contributed by atoms with van der Waals surface area (Å²) in [6.45, 7) is 7.14. The minimum atomic E-state index is -0.428. The van der Waals surface area contributed by atoms with Crippen molar-refractivity contribution in [2.24, 2.45) is 0 Å². The number of anilines is 1. The summed E-state index contributed by atoms with van der Waals surface area (Å²) in [5.41, 5.74) is 1.47. The van der Waals surface area contributed by atoms with Gasteiger partial charge >= 0.3 is 5.97 Å². The molecule has 0 spiro atoms. The van der Waals surface area contributed by atoms with Crippen molar-refractivity contribution in [3.63, 3.8) is 0 Å². The predicted octanol–water partition coefficient (Wildman–Crippen LogP) is 1.16. The Morgan fingerprint density at radius 2 is 2.00 bits per heavy atom. The molecule has 0 saturated heterocycles. The van der Waals surface area contributed by atoms with E-state index in [0.29, 0.717) is 22.8 Å². The summed E-state index contributed by atoms with van der Waals surface area (Å²) in [6.07, 6.45) is -0.0224. The number of esters is 1. The van der Waals surface area contributed by atoms with Crippen LogP contribution >= 0.6 is 0 Å². The number of nitrogens with zero attached hydrogens (tertiary/aromatic N) is 3. The molecule has 0 aromatic carbocycles. The Kier molecular flexibility index (Phi) is 5.68. The van der Waals surface area contributed by atoms with E-state index >= 15 is 0 Å². The fourth-order valence-corrected chi connectivity index (χ4v) is 2.13. The molecule has 0 atom stereocenters. The third-order valence-electron chi connectivity index (χ3n) is 3.54. The van der Waals surface area contributed by atoms with Crippen molar-refractivity contribution >= 4 is 17.7 Å². The molecule has 0 fully saturated rings. The number of aryl methyl sites for hydroxylation is 2. The van der Waals surface area contributed by atoms with Crippen molar-refractivity contribution in [2.45, 2.75) is 40.5 Å². The molecule has 0 aliphatic rings. The van der Waals surface area contributed by atoms with Gasteiger partial charge in [-0.25, -0.2) is 4.98 Å². The molecule has 134 valence electrons. The van der Waals surface area contributed by atoms with Crippen LogP contribution in [0.2, 0.25) is 0 Å². The quantitative estimate of drug-likeness (QED) is 0.757. The van der Waals surface area contributed by atoms with Gasteiger partial charge in [0.1, 0.15) is 5.82 Å². The van der Waals surface area contributed by atoms with Crippen LogP contribution in [0.4, 0.5) is 5.82 Å². The third kappa shape index (κ3) is 4.52. The highest BCUT2D eigenvalue weighted by molar-refractivity contribution is 5.92. The normalized spacial score (nSPS) is 10.6. The van der Waals surface area contributed by atoms with Crippen molar-refractivity contribution < 1.29 is 14.3 Å². The molecule has 0 unspecified atom stereocenters. The molecule has 0 bridgehead atoms. The monoisotopic (exact) mass is 347 g/mol. The van der Waals surface area contributed by atoms with Gasteiger partial charge in [0.25, 0.3) is 5.56 Å². The lowest BCUT2D eigenvalue weighted by Gasteiger charge is -2.09. The molecule has 2 rings (SSSR count). The minimum Gasteiger partial charge on any atom is -0.466 e. The number of aromatic amines is 1. The number of nitrogens with one attached hydrogen (secondary N) is 2. The number of amides is 1. The van der Waals surface area contributed by atoms with Crippen molar-refractivity contribution in [2.75, 3.05) is 11.9 Å². The first kappa shape index (κ1) is 18.4. The molecule has 2 heterocycles. The SMILES string of the molecule is CCOC(=O)CCC(=O)Nc1cc(C)nn1-c1nc(C)c(C)c(=O)[nH]1. The van der Waals surface area contributed by atoms with E-state index in [-0.39, 0.29) is 36.9 Å². The van der Waals surface area contributed by atoms with E-state index < -0.39 is 5.97 Å². The smallest absolute Gasteiger partial charge is 0.306 e. The van der Waals surface area contributed by atoms with Gasteiger partial charge in [-0.1, -0.05) is 0 Å². The van der Waals surface area contributed by atoms with Crippen LogP contribution in [0.1, 0.15) is 36.7 Å². The Balaban J connectivity index is 2.20.